The van der Waals surface area contributed by atoms with E-state index in [1.807, 2.05) is 31.2 Å². The number of phenolic OH excluding ortho intramolecular Hbond substituents is 1. The maximum Gasteiger partial charge on any atom is 0.146 e. The lowest BCUT2D eigenvalue weighted by molar-refractivity contribution is 0.249. The molecule has 0 aliphatic carbocycles. The molecule has 5 heteroatoms. The molecule has 0 bridgehead atoms. The molecular formula is C20H25N3O2. The van der Waals surface area contributed by atoms with Gasteiger partial charge in [-0.3, -0.25) is 0 Å². The zero-order valence-corrected chi connectivity index (χ0v) is 15.1. The molecule has 0 spiro atoms. The first-order valence-electron chi connectivity index (χ1n) is 8.86. The predicted molar refractivity (Wildman–Crippen MR) is 99.5 cm³/mol. The molecule has 0 saturated carbocycles. The zero-order chi connectivity index (χ0) is 17.8. The van der Waals surface area contributed by atoms with E-state index in [4.69, 9.17) is 4.74 Å². The highest BCUT2D eigenvalue weighted by Crippen LogP contribution is 2.27. The van der Waals surface area contributed by atoms with Gasteiger partial charge in [-0.2, -0.15) is 0 Å². The molecule has 1 atom stereocenters. The van der Waals surface area contributed by atoms with Crippen molar-refractivity contribution in [1.29, 1.82) is 0 Å². The Bertz CT molecular complexity index is 857. The van der Waals surface area contributed by atoms with Crippen LogP contribution in [-0.2, 0) is 0 Å². The summed E-state index contributed by atoms with van der Waals surface area (Å²) in [4.78, 5) is 1.47. The van der Waals surface area contributed by atoms with Crippen molar-refractivity contribution in [3.8, 4) is 17.2 Å². The van der Waals surface area contributed by atoms with E-state index < -0.39 is 0 Å². The van der Waals surface area contributed by atoms with Crippen LogP contribution in [0, 0.1) is 12.8 Å². The number of aromatic hydroxyl groups is 1. The van der Waals surface area contributed by atoms with Crippen molar-refractivity contribution in [2.24, 2.45) is 5.92 Å². The third-order valence-electron chi connectivity index (χ3n) is 4.28. The topological polar surface area (TPSA) is 60.2 Å². The van der Waals surface area contributed by atoms with Crippen molar-refractivity contribution >= 4 is 11.0 Å². The summed E-state index contributed by atoms with van der Waals surface area (Å²) >= 11 is 0. The van der Waals surface area contributed by atoms with Gasteiger partial charge in [-0.05, 0) is 49.1 Å². The van der Waals surface area contributed by atoms with Crippen molar-refractivity contribution in [2.75, 3.05) is 6.61 Å². The van der Waals surface area contributed by atoms with Gasteiger partial charge in [-0.15, -0.1) is 15.0 Å². The van der Waals surface area contributed by atoms with Crippen LogP contribution in [0.5, 0.6) is 11.5 Å². The fourth-order valence-electron chi connectivity index (χ4n) is 2.77. The monoisotopic (exact) mass is 339 g/mol. The fourth-order valence-corrected chi connectivity index (χ4v) is 2.77. The molecule has 3 rings (SSSR count). The maximum absolute atomic E-state index is 10.4. The van der Waals surface area contributed by atoms with Crippen LogP contribution in [-0.4, -0.2) is 26.7 Å². The summed E-state index contributed by atoms with van der Waals surface area (Å²) < 4.78 is 5.80. The molecule has 0 aliphatic rings. The van der Waals surface area contributed by atoms with Crippen molar-refractivity contribution in [2.45, 2.75) is 40.0 Å². The van der Waals surface area contributed by atoms with Gasteiger partial charge in [0.1, 0.15) is 28.2 Å². The van der Waals surface area contributed by atoms with Crippen LogP contribution in [0.3, 0.4) is 0 Å². The summed E-state index contributed by atoms with van der Waals surface area (Å²) in [5.41, 5.74) is 3.28. The van der Waals surface area contributed by atoms with E-state index >= 15 is 0 Å². The number of rotatable bonds is 7. The minimum absolute atomic E-state index is 0.107. The fraction of sp³-hybridized carbons (Fsp3) is 0.400. The lowest BCUT2D eigenvalue weighted by atomic mass is 10.1. The van der Waals surface area contributed by atoms with Crippen LogP contribution in [0.25, 0.3) is 16.7 Å². The van der Waals surface area contributed by atoms with Crippen LogP contribution >= 0.6 is 0 Å². The Kier molecular flexibility index (Phi) is 5.22. The van der Waals surface area contributed by atoms with E-state index in [2.05, 4.69) is 24.0 Å². The summed E-state index contributed by atoms with van der Waals surface area (Å²) in [5.74, 6) is 1.27. The molecule has 0 saturated heterocycles. The summed E-state index contributed by atoms with van der Waals surface area (Å²) in [6, 6.07) is 11.2. The Morgan fingerprint density at radius 3 is 2.68 bits per heavy atom. The van der Waals surface area contributed by atoms with Crippen LogP contribution in [0.4, 0.5) is 0 Å². The van der Waals surface area contributed by atoms with E-state index in [-0.39, 0.29) is 5.75 Å². The number of aromatic nitrogens is 3. The smallest absolute Gasteiger partial charge is 0.146 e. The quantitative estimate of drug-likeness (QED) is 0.681. The first kappa shape index (κ1) is 17.3. The number of hydrogen-bond donors (Lipinski definition) is 1. The van der Waals surface area contributed by atoms with E-state index in [0.717, 1.165) is 23.0 Å². The summed E-state index contributed by atoms with van der Waals surface area (Å²) in [6.07, 6.45) is 3.57. The molecule has 1 heterocycles. The molecule has 132 valence electrons. The molecule has 5 nitrogen and oxygen atoms in total. The standard InChI is InChI=1S/C20H25N3O2/c1-4-5-6-15(3)13-25-16-8-10-19(20(24)12-16)23-21-17-9-7-14(2)11-18(17)22-23/h7-12,15,24H,4-6,13H2,1-3H3. The molecule has 0 amide bonds. The van der Waals surface area contributed by atoms with Crippen LogP contribution in [0.1, 0.15) is 38.7 Å². The van der Waals surface area contributed by atoms with E-state index in [0.29, 0.717) is 24.0 Å². The molecular weight excluding hydrogens is 314 g/mol. The minimum atomic E-state index is 0.107. The van der Waals surface area contributed by atoms with Gasteiger partial charge in [0, 0.05) is 6.07 Å². The van der Waals surface area contributed by atoms with Gasteiger partial charge >= 0.3 is 0 Å². The highest BCUT2D eigenvalue weighted by Gasteiger charge is 2.11. The second kappa shape index (κ2) is 7.55. The molecule has 1 aromatic heterocycles. The lowest BCUT2D eigenvalue weighted by Gasteiger charge is -2.13. The third kappa shape index (κ3) is 4.10. The highest BCUT2D eigenvalue weighted by molar-refractivity contribution is 5.74. The van der Waals surface area contributed by atoms with E-state index in [9.17, 15) is 5.11 Å². The van der Waals surface area contributed by atoms with Crippen LogP contribution in [0.15, 0.2) is 36.4 Å². The molecule has 25 heavy (non-hydrogen) atoms. The Hall–Kier alpha value is -2.56. The van der Waals surface area contributed by atoms with Crippen molar-refractivity contribution in [3.05, 3.63) is 42.0 Å². The van der Waals surface area contributed by atoms with Gasteiger partial charge in [0.2, 0.25) is 0 Å². The van der Waals surface area contributed by atoms with Gasteiger partial charge < -0.3 is 9.84 Å². The number of benzene rings is 2. The normalized spacial score (nSPS) is 12.4. The van der Waals surface area contributed by atoms with Gasteiger partial charge in [-0.1, -0.05) is 32.8 Å². The number of hydrogen-bond acceptors (Lipinski definition) is 4. The Balaban J connectivity index is 1.74. The molecule has 0 aliphatic heterocycles. The largest absolute Gasteiger partial charge is 0.505 e. The summed E-state index contributed by atoms with van der Waals surface area (Å²) in [7, 11) is 0. The summed E-state index contributed by atoms with van der Waals surface area (Å²) in [5, 5.41) is 19.2. The number of ether oxygens (including phenoxy) is 1. The third-order valence-corrected chi connectivity index (χ3v) is 4.28. The van der Waals surface area contributed by atoms with Crippen molar-refractivity contribution < 1.29 is 9.84 Å². The second-order valence-corrected chi connectivity index (χ2v) is 6.69. The van der Waals surface area contributed by atoms with E-state index in [1.165, 1.54) is 17.6 Å². The van der Waals surface area contributed by atoms with Gasteiger partial charge in [-0.25, -0.2) is 0 Å². The maximum atomic E-state index is 10.4. The number of phenols is 1. The molecule has 2 aromatic carbocycles. The zero-order valence-electron chi connectivity index (χ0n) is 15.1. The van der Waals surface area contributed by atoms with E-state index in [1.54, 1.807) is 12.1 Å². The van der Waals surface area contributed by atoms with Crippen molar-refractivity contribution in [1.82, 2.24) is 15.0 Å². The van der Waals surface area contributed by atoms with Gasteiger partial charge in [0.25, 0.3) is 0 Å². The molecule has 1 N–H and O–H groups in total. The SMILES string of the molecule is CCCCC(C)COc1ccc(-n2nc3ccc(C)cc3n2)c(O)c1. The van der Waals surface area contributed by atoms with Gasteiger partial charge in [0.05, 0.1) is 6.61 Å². The molecule has 3 aromatic rings. The predicted octanol–water partition coefficient (Wildman–Crippen LogP) is 4.64. The van der Waals surface area contributed by atoms with Crippen LogP contribution < -0.4 is 4.74 Å². The highest BCUT2D eigenvalue weighted by atomic mass is 16.5. The number of aryl methyl sites for hydroxylation is 1. The Labute approximate surface area is 148 Å². The molecule has 1 unspecified atom stereocenters. The minimum Gasteiger partial charge on any atom is -0.505 e. The first-order chi connectivity index (χ1) is 12.1. The Morgan fingerprint density at radius 1 is 1.12 bits per heavy atom. The average Bonchev–Trinajstić information content (AvgIpc) is 3.00. The van der Waals surface area contributed by atoms with Crippen LogP contribution in [0.2, 0.25) is 0 Å². The first-order valence-corrected chi connectivity index (χ1v) is 8.86. The average molecular weight is 339 g/mol. The Morgan fingerprint density at radius 2 is 1.92 bits per heavy atom. The molecule has 0 radical (unpaired) electrons. The number of nitrogens with zero attached hydrogens (tertiary/aromatic N) is 3. The lowest BCUT2D eigenvalue weighted by Crippen LogP contribution is -2.08. The second-order valence-electron chi connectivity index (χ2n) is 6.69. The number of fused-ring (bicyclic) bond motifs is 1. The van der Waals surface area contributed by atoms with Gasteiger partial charge in [0.15, 0.2) is 0 Å². The number of unbranched alkanes of at least 4 members (excludes halogenated alkanes) is 1. The van der Waals surface area contributed by atoms with Crippen molar-refractivity contribution in [3.63, 3.8) is 0 Å². The summed E-state index contributed by atoms with van der Waals surface area (Å²) in [6.45, 7) is 7.05. The molecule has 0 fully saturated rings.